The van der Waals surface area contributed by atoms with E-state index in [9.17, 15) is 8.42 Å². The third kappa shape index (κ3) is 3.50. The number of ether oxygens (including phenoxy) is 1. The first-order valence-electron chi connectivity index (χ1n) is 10.9. The number of hydrogen-bond donors (Lipinski definition) is 2. The van der Waals surface area contributed by atoms with Crippen LogP contribution in [0.4, 0.5) is 0 Å². The van der Waals surface area contributed by atoms with Gasteiger partial charge in [-0.2, -0.15) is 0 Å². The number of nitrogens with zero attached hydrogens (tertiary/aromatic N) is 3. The van der Waals surface area contributed by atoms with Crippen molar-refractivity contribution in [3.8, 4) is 0 Å². The van der Waals surface area contributed by atoms with Crippen LogP contribution in [0.15, 0.2) is 52.5 Å². The number of fused-ring (bicyclic) bond motifs is 3. The Balaban J connectivity index is 1.64. The predicted octanol–water partition coefficient (Wildman–Crippen LogP) is 3.38. The summed E-state index contributed by atoms with van der Waals surface area (Å²) in [4.78, 5) is 12.6. The van der Waals surface area contributed by atoms with Gasteiger partial charge in [0.25, 0.3) is 0 Å². The minimum atomic E-state index is -3.82. The summed E-state index contributed by atoms with van der Waals surface area (Å²) in [7, 11) is -2.12. The molecule has 4 aromatic rings. The van der Waals surface area contributed by atoms with Crippen LogP contribution in [0, 0.1) is 6.92 Å². The van der Waals surface area contributed by atoms with Gasteiger partial charge in [-0.25, -0.2) is 18.4 Å². The smallest absolute Gasteiger partial charge is 0.226 e. The molecule has 1 saturated carbocycles. The van der Waals surface area contributed by atoms with Crippen LogP contribution in [0.5, 0.6) is 0 Å². The lowest BCUT2D eigenvalue weighted by molar-refractivity contribution is 0.195. The second-order valence-corrected chi connectivity index (χ2v) is 10.2. The van der Waals surface area contributed by atoms with Gasteiger partial charge in [0.15, 0.2) is 5.03 Å². The number of rotatable bonds is 7. The van der Waals surface area contributed by atoms with Gasteiger partial charge < -0.3 is 19.6 Å². The van der Waals surface area contributed by atoms with E-state index < -0.39 is 9.84 Å². The Morgan fingerprint density at radius 1 is 1.19 bits per heavy atom. The first kappa shape index (κ1) is 21.1. The standard InChI is InChI=1S/C23H27N5O3S/c1-15-26-20-21(28(15)17-9-8-16(14-17)24-12-13-31-2)19-10-11-25-22(19)27-23(20)32(29,30)18-6-4-3-5-7-18/h3-7,10-11,16-17,24H,8-9,12-14H2,1-2H3,(H,25,27). The van der Waals surface area contributed by atoms with E-state index in [0.717, 1.165) is 42.5 Å². The van der Waals surface area contributed by atoms with Crippen molar-refractivity contribution >= 4 is 31.9 Å². The Labute approximate surface area is 186 Å². The van der Waals surface area contributed by atoms with Gasteiger partial charge in [0.2, 0.25) is 9.84 Å². The van der Waals surface area contributed by atoms with Crippen LogP contribution in [-0.4, -0.2) is 54.2 Å². The van der Waals surface area contributed by atoms with E-state index in [1.165, 1.54) is 0 Å². The molecule has 2 unspecified atom stereocenters. The molecule has 0 aliphatic heterocycles. The fourth-order valence-corrected chi connectivity index (χ4v) is 6.18. The lowest BCUT2D eigenvalue weighted by atomic mass is 10.2. The number of sulfone groups is 1. The molecule has 1 aliphatic carbocycles. The molecule has 2 N–H and O–H groups in total. The average molecular weight is 454 g/mol. The van der Waals surface area contributed by atoms with Crippen LogP contribution in [0.1, 0.15) is 31.1 Å². The Kier molecular flexibility index (Phi) is 5.48. The van der Waals surface area contributed by atoms with Crippen molar-refractivity contribution in [2.45, 2.75) is 48.2 Å². The second kappa shape index (κ2) is 8.31. The molecule has 1 aromatic carbocycles. The highest BCUT2D eigenvalue weighted by molar-refractivity contribution is 7.91. The number of aromatic nitrogens is 4. The second-order valence-electron chi connectivity index (χ2n) is 8.31. The van der Waals surface area contributed by atoms with Crippen molar-refractivity contribution < 1.29 is 13.2 Å². The number of aromatic amines is 1. The molecule has 2 atom stereocenters. The van der Waals surface area contributed by atoms with E-state index in [-0.39, 0.29) is 16.0 Å². The van der Waals surface area contributed by atoms with Crippen molar-refractivity contribution in [1.29, 1.82) is 0 Å². The van der Waals surface area contributed by atoms with Gasteiger partial charge in [-0.1, -0.05) is 18.2 Å². The molecule has 0 radical (unpaired) electrons. The van der Waals surface area contributed by atoms with Gasteiger partial charge in [-0.3, -0.25) is 0 Å². The lowest BCUT2D eigenvalue weighted by Gasteiger charge is -2.17. The molecular weight excluding hydrogens is 426 g/mol. The monoisotopic (exact) mass is 453 g/mol. The number of hydrogen-bond acceptors (Lipinski definition) is 6. The summed E-state index contributed by atoms with van der Waals surface area (Å²) in [6.07, 6.45) is 4.83. The van der Waals surface area contributed by atoms with Gasteiger partial charge in [-0.05, 0) is 44.4 Å². The molecule has 0 bridgehead atoms. The number of pyridine rings is 1. The van der Waals surface area contributed by atoms with Gasteiger partial charge >= 0.3 is 0 Å². The Morgan fingerprint density at radius 3 is 2.78 bits per heavy atom. The van der Waals surface area contributed by atoms with Gasteiger partial charge in [-0.15, -0.1) is 0 Å². The molecule has 168 valence electrons. The molecule has 3 aromatic heterocycles. The third-order valence-electron chi connectivity index (χ3n) is 6.30. The molecule has 5 rings (SSSR count). The zero-order valence-electron chi connectivity index (χ0n) is 18.2. The molecule has 32 heavy (non-hydrogen) atoms. The first-order chi connectivity index (χ1) is 15.5. The van der Waals surface area contributed by atoms with E-state index in [0.29, 0.717) is 23.8 Å². The average Bonchev–Trinajstić information content (AvgIpc) is 3.51. The highest BCUT2D eigenvalue weighted by atomic mass is 32.2. The summed E-state index contributed by atoms with van der Waals surface area (Å²) < 4.78 is 34.4. The fraction of sp³-hybridized carbons (Fsp3) is 0.391. The third-order valence-corrected chi connectivity index (χ3v) is 7.99. The molecule has 1 fully saturated rings. The zero-order chi connectivity index (χ0) is 22.3. The maximum absolute atomic E-state index is 13.5. The molecule has 8 nitrogen and oxygen atoms in total. The van der Waals surface area contributed by atoms with Crippen molar-refractivity contribution in [3.05, 3.63) is 48.4 Å². The quantitative estimate of drug-likeness (QED) is 0.416. The first-order valence-corrected chi connectivity index (χ1v) is 12.4. The molecule has 0 amide bonds. The summed E-state index contributed by atoms with van der Waals surface area (Å²) in [6, 6.07) is 11.0. The number of methoxy groups -OCH3 is 1. The van der Waals surface area contributed by atoms with Crippen LogP contribution in [0.25, 0.3) is 22.1 Å². The summed E-state index contributed by atoms with van der Waals surface area (Å²) in [6.45, 7) is 3.45. The maximum atomic E-state index is 13.5. The van der Waals surface area contributed by atoms with E-state index >= 15 is 0 Å². The van der Waals surface area contributed by atoms with Crippen molar-refractivity contribution in [2.24, 2.45) is 0 Å². The maximum Gasteiger partial charge on any atom is 0.226 e. The van der Waals surface area contributed by atoms with Crippen molar-refractivity contribution in [3.63, 3.8) is 0 Å². The molecule has 0 spiro atoms. The topological polar surface area (TPSA) is 102 Å². The van der Waals surface area contributed by atoms with E-state index in [1.807, 2.05) is 13.0 Å². The lowest BCUT2D eigenvalue weighted by Crippen LogP contribution is -2.29. The number of imidazole rings is 1. The number of H-pyrrole nitrogens is 1. The van der Waals surface area contributed by atoms with Gasteiger partial charge in [0.1, 0.15) is 17.0 Å². The minimum Gasteiger partial charge on any atom is -0.383 e. The van der Waals surface area contributed by atoms with Crippen LogP contribution in [-0.2, 0) is 14.6 Å². The number of benzene rings is 1. The van der Waals surface area contributed by atoms with E-state index in [2.05, 4.69) is 19.9 Å². The summed E-state index contributed by atoms with van der Waals surface area (Å²) >= 11 is 0. The molecule has 0 saturated heterocycles. The minimum absolute atomic E-state index is 0.00302. The van der Waals surface area contributed by atoms with Gasteiger partial charge in [0, 0.05) is 37.3 Å². The molecule has 9 heteroatoms. The highest BCUT2D eigenvalue weighted by Crippen LogP contribution is 2.38. The molecular formula is C23H27N5O3S. The SMILES string of the molecule is COCCNC1CCC(n2c(C)nc3c(S(=O)(=O)c4ccccc4)nc4[nH]ccc4c32)C1. The van der Waals surface area contributed by atoms with E-state index in [4.69, 9.17) is 9.72 Å². The largest absolute Gasteiger partial charge is 0.383 e. The zero-order valence-corrected chi connectivity index (χ0v) is 19.0. The predicted molar refractivity (Wildman–Crippen MR) is 123 cm³/mol. The van der Waals surface area contributed by atoms with Crippen LogP contribution in [0.2, 0.25) is 0 Å². The number of aryl methyl sites for hydroxylation is 1. The Hall–Kier alpha value is -2.75. The van der Waals surface area contributed by atoms with Crippen LogP contribution in [0.3, 0.4) is 0 Å². The Morgan fingerprint density at radius 2 is 2.00 bits per heavy atom. The molecule has 3 heterocycles. The summed E-state index contributed by atoms with van der Waals surface area (Å²) in [5, 5.41) is 4.45. The number of nitrogens with one attached hydrogen (secondary N) is 2. The highest BCUT2D eigenvalue weighted by Gasteiger charge is 2.32. The molecule has 1 aliphatic rings. The van der Waals surface area contributed by atoms with E-state index in [1.54, 1.807) is 43.6 Å². The normalized spacial score (nSPS) is 19.3. The van der Waals surface area contributed by atoms with Crippen LogP contribution < -0.4 is 5.32 Å². The fourth-order valence-electron chi connectivity index (χ4n) is 4.84. The van der Waals surface area contributed by atoms with Crippen molar-refractivity contribution in [2.75, 3.05) is 20.3 Å². The van der Waals surface area contributed by atoms with Gasteiger partial charge in [0.05, 0.1) is 17.0 Å². The van der Waals surface area contributed by atoms with Crippen molar-refractivity contribution in [1.82, 2.24) is 24.8 Å². The van der Waals surface area contributed by atoms with Crippen LogP contribution >= 0.6 is 0 Å². The Bertz CT molecular complexity index is 1360. The summed E-state index contributed by atoms with van der Waals surface area (Å²) in [5.41, 5.74) is 1.83. The summed E-state index contributed by atoms with van der Waals surface area (Å²) in [5.74, 6) is 0.808.